The number of likely N-dealkylation sites (N-methyl/N-ethyl adjacent to an activating group) is 1. The van der Waals surface area contributed by atoms with Crippen LogP contribution in [-0.4, -0.2) is 49.2 Å². The summed E-state index contributed by atoms with van der Waals surface area (Å²) in [5.74, 6) is 0. The molecule has 2 atom stereocenters. The van der Waals surface area contributed by atoms with E-state index >= 15 is 0 Å². The molecule has 1 fully saturated rings. The maximum atomic E-state index is 4.67. The molecule has 1 aliphatic rings. The molecule has 0 aliphatic carbocycles. The summed E-state index contributed by atoms with van der Waals surface area (Å²) in [5, 5.41) is 3.41. The van der Waals surface area contributed by atoms with E-state index in [9.17, 15) is 0 Å². The third-order valence-corrected chi connectivity index (χ3v) is 4.43. The van der Waals surface area contributed by atoms with Crippen LogP contribution in [0.2, 0.25) is 0 Å². The van der Waals surface area contributed by atoms with Gasteiger partial charge in [0.1, 0.15) is 0 Å². The summed E-state index contributed by atoms with van der Waals surface area (Å²) in [6.45, 7) is 11.0. The molecule has 118 valence electrons. The van der Waals surface area contributed by atoms with Crippen molar-refractivity contribution in [3.63, 3.8) is 0 Å². The molecule has 0 spiro atoms. The van der Waals surface area contributed by atoms with Gasteiger partial charge in [-0.3, -0.25) is 4.98 Å². The van der Waals surface area contributed by atoms with E-state index < -0.39 is 0 Å². The van der Waals surface area contributed by atoms with Gasteiger partial charge < -0.3 is 15.1 Å². The van der Waals surface area contributed by atoms with E-state index in [1.54, 1.807) is 0 Å². The summed E-state index contributed by atoms with van der Waals surface area (Å²) in [5.41, 5.74) is 2.39. The number of nitrogens with zero attached hydrogens (tertiary/aromatic N) is 3. The zero-order chi connectivity index (χ0) is 15.2. The number of aromatic nitrogens is 1. The topological polar surface area (TPSA) is 31.4 Å². The maximum absolute atomic E-state index is 4.67. The first kappa shape index (κ1) is 16.2. The Bertz CT molecular complexity index is 417. The molecular formula is C17H30N4. The summed E-state index contributed by atoms with van der Waals surface area (Å²) >= 11 is 0. The molecule has 4 heteroatoms. The Labute approximate surface area is 129 Å². The van der Waals surface area contributed by atoms with Crippen molar-refractivity contribution < 1.29 is 0 Å². The number of pyridine rings is 1. The van der Waals surface area contributed by atoms with Gasteiger partial charge in [-0.15, -0.1) is 0 Å². The molecule has 21 heavy (non-hydrogen) atoms. The van der Waals surface area contributed by atoms with Crippen LogP contribution in [0.4, 0.5) is 5.69 Å². The number of hydrogen-bond acceptors (Lipinski definition) is 4. The second-order valence-corrected chi connectivity index (χ2v) is 6.09. The molecule has 0 bridgehead atoms. The zero-order valence-corrected chi connectivity index (χ0v) is 14.0. The van der Waals surface area contributed by atoms with Crippen molar-refractivity contribution in [3.8, 4) is 0 Å². The van der Waals surface area contributed by atoms with Crippen molar-refractivity contribution in [3.05, 3.63) is 24.0 Å². The van der Waals surface area contributed by atoms with Crippen molar-refractivity contribution in [2.75, 3.05) is 38.1 Å². The van der Waals surface area contributed by atoms with Crippen molar-refractivity contribution in [2.45, 2.75) is 45.7 Å². The molecule has 1 aliphatic heterocycles. The third-order valence-electron chi connectivity index (χ3n) is 4.43. The van der Waals surface area contributed by atoms with Crippen LogP contribution in [-0.2, 0) is 0 Å². The number of rotatable bonds is 5. The van der Waals surface area contributed by atoms with Crippen molar-refractivity contribution in [1.29, 1.82) is 0 Å². The fourth-order valence-corrected chi connectivity index (χ4v) is 3.17. The highest BCUT2D eigenvalue weighted by Crippen LogP contribution is 2.22. The Balaban J connectivity index is 2.12. The van der Waals surface area contributed by atoms with Gasteiger partial charge in [-0.2, -0.15) is 0 Å². The first-order valence-corrected chi connectivity index (χ1v) is 8.30. The van der Waals surface area contributed by atoms with Crippen molar-refractivity contribution in [1.82, 2.24) is 15.2 Å². The molecule has 0 amide bonds. The van der Waals surface area contributed by atoms with Crippen LogP contribution in [0.5, 0.6) is 0 Å². The standard InChI is InChI=1S/C17H30N4/c1-5-15-13-20(4)10-7-11-21(15)16-8-9-17(19-12-16)14(3)18-6-2/h8-9,12,14-15,18H,5-7,10-11,13H2,1-4H3. The molecule has 4 nitrogen and oxygen atoms in total. The van der Waals surface area contributed by atoms with Crippen LogP contribution in [0, 0.1) is 0 Å². The molecule has 1 N–H and O–H groups in total. The van der Waals surface area contributed by atoms with Gasteiger partial charge >= 0.3 is 0 Å². The molecule has 1 aromatic rings. The summed E-state index contributed by atoms with van der Waals surface area (Å²) in [4.78, 5) is 9.66. The van der Waals surface area contributed by atoms with E-state index in [4.69, 9.17) is 0 Å². The van der Waals surface area contributed by atoms with E-state index in [-0.39, 0.29) is 0 Å². The first-order chi connectivity index (χ1) is 10.2. The highest BCUT2D eigenvalue weighted by Gasteiger charge is 2.22. The minimum Gasteiger partial charge on any atom is -0.366 e. The predicted octanol–water partition coefficient (Wildman–Crippen LogP) is 2.67. The molecule has 2 rings (SSSR count). The second kappa shape index (κ2) is 7.76. The lowest BCUT2D eigenvalue weighted by Crippen LogP contribution is -2.39. The minimum absolute atomic E-state index is 0.321. The largest absolute Gasteiger partial charge is 0.366 e. The highest BCUT2D eigenvalue weighted by molar-refractivity contribution is 5.46. The summed E-state index contributed by atoms with van der Waals surface area (Å²) < 4.78 is 0. The molecular weight excluding hydrogens is 260 g/mol. The van der Waals surface area contributed by atoms with Crippen LogP contribution in [0.3, 0.4) is 0 Å². The normalized spacial score (nSPS) is 22.1. The lowest BCUT2D eigenvalue weighted by molar-refractivity contribution is 0.328. The fraction of sp³-hybridized carbons (Fsp3) is 0.706. The maximum Gasteiger partial charge on any atom is 0.0572 e. The SMILES string of the molecule is CCNC(C)c1ccc(N2CCCN(C)CC2CC)cn1. The summed E-state index contributed by atoms with van der Waals surface area (Å²) in [6, 6.07) is 5.33. The second-order valence-electron chi connectivity index (χ2n) is 6.09. The smallest absolute Gasteiger partial charge is 0.0572 e. The Morgan fingerprint density at radius 3 is 2.76 bits per heavy atom. The third kappa shape index (κ3) is 4.17. The lowest BCUT2D eigenvalue weighted by Gasteiger charge is -2.32. The van der Waals surface area contributed by atoms with Gasteiger partial charge in [0, 0.05) is 25.2 Å². The lowest BCUT2D eigenvalue weighted by atomic mass is 10.1. The predicted molar refractivity (Wildman–Crippen MR) is 89.9 cm³/mol. The number of nitrogens with one attached hydrogen (secondary N) is 1. The van der Waals surface area contributed by atoms with Gasteiger partial charge in [-0.1, -0.05) is 13.8 Å². The van der Waals surface area contributed by atoms with Gasteiger partial charge in [0.15, 0.2) is 0 Å². The highest BCUT2D eigenvalue weighted by atomic mass is 15.2. The minimum atomic E-state index is 0.321. The Morgan fingerprint density at radius 2 is 2.14 bits per heavy atom. The number of hydrogen-bond donors (Lipinski definition) is 1. The van der Waals surface area contributed by atoms with E-state index in [0.717, 1.165) is 25.3 Å². The molecule has 1 saturated heterocycles. The Kier molecular flexibility index (Phi) is 6.00. The molecule has 2 unspecified atom stereocenters. The van der Waals surface area contributed by atoms with E-state index in [1.165, 1.54) is 25.1 Å². The van der Waals surface area contributed by atoms with Crippen LogP contribution in [0.15, 0.2) is 18.3 Å². The van der Waals surface area contributed by atoms with E-state index in [0.29, 0.717) is 12.1 Å². The van der Waals surface area contributed by atoms with E-state index in [2.05, 4.69) is 66.2 Å². The molecule has 1 aromatic heterocycles. The van der Waals surface area contributed by atoms with Crippen LogP contribution in [0.1, 0.15) is 45.3 Å². The van der Waals surface area contributed by atoms with Gasteiger partial charge in [0.25, 0.3) is 0 Å². The summed E-state index contributed by atoms with van der Waals surface area (Å²) in [6.07, 6.45) is 4.46. The molecule has 2 heterocycles. The Morgan fingerprint density at radius 1 is 1.33 bits per heavy atom. The monoisotopic (exact) mass is 290 g/mol. The van der Waals surface area contributed by atoms with Crippen LogP contribution < -0.4 is 10.2 Å². The van der Waals surface area contributed by atoms with Gasteiger partial charge in [-0.05, 0) is 52.0 Å². The van der Waals surface area contributed by atoms with Crippen molar-refractivity contribution >= 4 is 5.69 Å². The van der Waals surface area contributed by atoms with Gasteiger partial charge in [0.2, 0.25) is 0 Å². The molecule has 0 radical (unpaired) electrons. The van der Waals surface area contributed by atoms with Crippen LogP contribution in [0.25, 0.3) is 0 Å². The van der Waals surface area contributed by atoms with Crippen molar-refractivity contribution in [2.24, 2.45) is 0 Å². The fourth-order valence-electron chi connectivity index (χ4n) is 3.17. The first-order valence-electron chi connectivity index (χ1n) is 8.30. The van der Waals surface area contributed by atoms with Crippen LogP contribution >= 0.6 is 0 Å². The average Bonchev–Trinajstić information content (AvgIpc) is 2.69. The zero-order valence-electron chi connectivity index (χ0n) is 14.0. The summed E-state index contributed by atoms with van der Waals surface area (Å²) in [7, 11) is 2.23. The molecule has 0 aromatic carbocycles. The number of anilines is 1. The molecule has 0 saturated carbocycles. The van der Waals surface area contributed by atoms with E-state index in [1.807, 2.05) is 0 Å². The van der Waals surface area contributed by atoms with Gasteiger partial charge in [-0.25, -0.2) is 0 Å². The Hall–Kier alpha value is -1.13. The average molecular weight is 290 g/mol. The quantitative estimate of drug-likeness (QED) is 0.903. The van der Waals surface area contributed by atoms with Gasteiger partial charge in [0.05, 0.1) is 17.6 Å².